The van der Waals surface area contributed by atoms with Crippen molar-refractivity contribution in [2.75, 3.05) is 19.6 Å². The van der Waals surface area contributed by atoms with Crippen LogP contribution in [0.5, 0.6) is 0 Å². The van der Waals surface area contributed by atoms with Crippen LogP contribution in [0.1, 0.15) is 20.3 Å². The zero-order chi connectivity index (χ0) is 13.4. The number of benzene rings is 1. The number of carbonyl (C=O) groups is 1. The number of carbonyl (C=O) groups excluding carboxylic acids is 1. The lowest BCUT2D eigenvalue weighted by Crippen LogP contribution is -2.32. The summed E-state index contributed by atoms with van der Waals surface area (Å²) in [5.41, 5.74) is 5.47. The molecular weight excluding hydrogens is 224 g/mol. The van der Waals surface area contributed by atoms with Crippen molar-refractivity contribution in [3.8, 4) is 0 Å². The first-order chi connectivity index (χ1) is 8.74. The second kappa shape index (κ2) is 7.88. The summed E-state index contributed by atoms with van der Waals surface area (Å²) in [5.74, 6) is 1.02. The predicted octanol–water partition coefficient (Wildman–Crippen LogP) is 2.14. The summed E-state index contributed by atoms with van der Waals surface area (Å²) >= 11 is 0. The van der Waals surface area contributed by atoms with Crippen molar-refractivity contribution in [1.29, 1.82) is 0 Å². The third-order valence-electron chi connectivity index (χ3n) is 3.28. The standard InChI is InChI=1S/C9H18N2O.C6H6/c1-3-11(4-2)9(12)8-5-7(8)6-10;1-2-4-6-5-3-1/h7-8H,3-6,10H2,1-2H3;1-6H. The van der Waals surface area contributed by atoms with E-state index in [1.807, 2.05) is 55.1 Å². The molecule has 0 heterocycles. The van der Waals surface area contributed by atoms with Crippen LogP contribution in [0.3, 0.4) is 0 Å². The average molecular weight is 248 g/mol. The van der Waals surface area contributed by atoms with E-state index in [2.05, 4.69) is 0 Å². The van der Waals surface area contributed by atoms with Gasteiger partial charge in [-0.05, 0) is 32.7 Å². The molecule has 3 heteroatoms. The topological polar surface area (TPSA) is 46.3 Å². The zero-order valence-electron chi connectivity index (χ0n) is 11.4. The van der Waals surface area contributed by atoms with E-state index < -0.39 is 0 Å². The second-order valence-corrected chi connectivity index (χ2v) is 4.50. The van der Waals surface area contributed by atoms with Crippen molar-refractivity contribution in [2.45, 2.75) is 20.3 Å². The number of nitrogens with zero attached hydrogens (tertiary/aromatic N) is 1. The van der Waals surface area contributed by atoms with E-state index in [0.717, 1.165) is 19.5 Å². The molecule has 2 rings (SSSR count). The van der Waals surface area contributed by atoms with Gasteiger partial charge in [0.1, 0.15) is 0 Å². The minimum Gasteiger partial charge on any atom is -0.343 e. The molecule has 0 radical (unpaired) electrons. The van der Waals surface area contributed by atoms with Crippen LogP contribution in [0.25, 0.3) is 0 Å². The summed E-state index contributed by atoms with van der Waals surface area (Å²) in [6.45, 7) is 6.34. The smallest absolute Gasteiger partial charge is 0.226 e. The fraction of sp³-hybridized carbons (Fsp3) is 0.533. The Morgan fingerprint density at radius 3 is 1.83 bits per heavy atom. The van der Waals surface area contributed by atoms with Crippen molar-refractivity contribution in [3.05, 3.63) is 36.4 Å². The van der Waals surface area contributed by atoms with Crippen molar-refractivity contribution < 1.29 is 4.79 Å². The Hall–Kier alpha value is -1.35. The number of nitrogens with two attached hydrogens (primary N) is 1. The lowest BCUT2D eigenvalue weighted by molar-refractivity contribution is -0.132. The van der Waals surface area contributed by atoms with Crippen LogP contribution in [-0.2, 0) is 4.79 Å². The van der Waals surface area contributed by atoms with Gasteiger partial charge in [0.15, 0.2) is 0 Å². The maximum Gasteiger partial charge on any atom is 0.226 e. The summed E-state index contributed by atoms with van der Waals surface area (Å²) < 4.78 is 0. The molecule has 1 amide bonds. The Bertz CT molecular complexity index is 309. The molecule has 0 spiro atoms. The highest BCUT2D eigenvalue weighted by Gasteiger charge is 2.43. The molecule has 2 atom stereocenters. The molecule has 0 saturated heterocycles. The summed E-state index contributed by atoms with van der Waals surface area (Å²) in [5, 5.41) is 0. The molecule has 1 fully saturated rings. The average Bonchev–Trinajstić information content (AvgIpc) is 3.22. The molecule has 100 valence electrons. The van der Waals surface area contributed by atoms with Crippen LogP contribution < -0.4 is 5.73 Å². The highest BCUT2D eigenvalue weighted by atomic mass is 16.2. The van der Waals surface area contributed by atoms with Gasteiger partial charge in [0.2, 0.25) is 5.91 Å². The first kappa shape index (κ1) is 14.7. The van der Waals surface area contributed by atoms with Crippen LogP contribution in [0.15, 0.2) is 36.4 Å². The van der Waals surface area contributed by atoms with E-state index in [4.69, 9.17) is 5.73 Å². The molecule has 1 aliphatic rings. The van der Waals surface area contributed by atoms with Crippen molar-refractivity contribution in [1.82, 2.24) is 4.90 Å². The molecule has 0 aromatic heterocycles. The van der Waals surface area contributed by atoms with Crippen LogP contribution in [0.2, 0.25) is 0 Å². The van der Waals surface area contributed by atoms with Gasteiger partial charge in [-0.3, -0.25) is 4.79 Å². The Morgan fingerprint density at radius 2 is 1.56 bits per heavy atom. The molecule has 2 N–H and O–H groups in total. The Morgan fingerprint density at radius 1 is 1.11 bits per heavy atom. The Labute approximate surface area is 110 Å². The van der Waals surface area contributed by atoms with Crippen LogP contribution >= 0.6 is 0 Å². The van der Waals surface area contributed by atoms with E-state index >= 15 is 0 Å². The van der Waals surface area contributed by atoms with Crippen molar-refractivity contribution in [2.24, 2.45) is 17.6 Å². The third-order valence-corrected chi connectivity index (χ3v) is 3.28. The van der Waals surface area contributed by atoms with Crippen LogP contribution in [0, 0.1) is 11.8 Å². The monoisotopic (exact) mass is 248 g/mol. The van der Waals surface area contributed by atoms with E-state index in [9.17, 15) is 4.79 Å². The minimum absolute atomic E-state index is 0.245. The molecule has 1 saturated carbocycles. The van der Waals surface area contributed by atoms with E-state index in [-0.39, 0.29) is 5.92 Å². The van der Waals surface area contributed by atoms with E-state index in [1.165, 1.54) is 0 Å². The highest BCUT2D eigenvalue weighted by Crippen LogP contribution is 2.38. The van der Waals surface area contributed by atoms with E-state index in [0.29, 0.717) is 18.4 Å². The van der Waals surface area contributed by atoms with Gasteiger partial charge in [-0.2, -0.15) is 0 Å². The normalized spacial score (nSPS) is 20.6. The summed E-state index contributed by atoms with van der Waals surface area (Å²) in [6.07, 6.45) is 1.01. The Balaban J connectivity index is 0.000000225. The highest BCUT2D eigenvalue weighted by molar-refractivity contribution is 5.81. The number of hydrogen-bond acceptors (Lipinski definition) is 2. The molecule has 1 aromatic rings. The molecule has 3 nitrogen and oxygen atoms in total. The van der Waals surface area contributed by atoms with Crippen molar-refractivity contribution >= 4 is 5.91 Å². The fourth-order valence-electron chi connectivity index (χ4n) is 1.97. The Kier molecular flexibility index (Phi) is 6.44. The molecule has 1 aliphatic carbocycles. The van der Waals surface area contributed by atoms with E-state index in [1.54, 1.807) is 0 Å². The van der Waals surface area contributed by atoms with Gasteiger partial charge < -0.3 is 10.6 Å². The molecule has 0 aliphatic heterocycles. The first-order valence-corrected chi connectivity index (χ1v) is 6.73. The van der Waals surface area contributed by atoms with Crippen LogP contribution in [-0.4, -0.2) is 30.4 Å². The summed E-state index contributed by atoms with van der Waals surface area (Å²) in [6, 6.07) is 12.0. The zero-order valence-corrected chi connectivity index (χ0v) is 11.4. The van der Waals surface area contributed by atoms with Gasteiger partial charge >= 0.3 is 0 Å². The number of rotatable bonds is 4. The number of hydrogen-bond donors (Lipinski definition) is 1. The maximum atomic E-state index is 11.6. The quantitative estimate of drug-likeness (QED) is 0.887. The molecule has 0 bridgehead atoms. The van der Waals surface area contributed by atoms with Gasteiger partial charge in [0.25, 0.3) is 0 Å². The lowest BCUT2D eigenvalue weighted by atomic mass is 10.3. The molecule has 1 aromatic carbocycles. The molecule has 2 unspecified atom stereocenters. The fourth-order valence-corrected chi connectivity index (χ4v) is 1.97. The lowest BCUT2D eigenvalue weighted by Gasteiger charge is -2.18. The summed E-state index contributed by atoms with van der Waals surface area (Å²) in [7, 11) is 0. The van der Waals surface area contributed by atoms with Crippen molar-refractivity contribution in [3.63, 3.8) is 0 Å². The minimum atomic E-state index is 0.245. The molecule has 18 heavy (non-hydrogen) atoms. The SMILES string of the molecule is CCN(CC)C(=O)C1CC1CN.c1ccccc1. The van der Waals surface area contributed by atoms with Gasteiger partial charge in [0, 0.05) is 19.0 Å². The van der Waals surface area contributed by atoms with Gasteiger partial charge in [0.05, 0.1) is 0 Å². The summed E-state index contributed by atoms with van der Waals surface area (Å²) in [4.78, 5) is 13.5. The predicted molar refractivity (Wildman–Crippen MR) is 75.0 cm³/mol. The maximum absolute atomic E-state index is 11.6. The second-order valence-electron chi connectivity index (χ2n) is 4.50. The number of amides is 1. The van der Waals surface area contributed by atoms with Gasteiger partial charge in [-0.25, -0.2) is 0 Å². The largest absolute Gasteiger partial charge is 0.343 e. The van der Waals surface area contributed by atoms with Crippen LogP contribution in [0.4, 0.5) is 0 Å². The van der Waals surface area contributed by atoms with Gasteiger partial charge in [-0.1, -0.05) is 36.4 Å². The first-order valence-electron chi connectivity index (χ1n) is 6.73. The third kappa shape index (κ3) is 4.49. The molecular formula is C15H24N2O. The van der Waals surface area contributed by atoms with Gasteiger partial charge in [-0.15, -0.1) is 0 Å².